The molecule has 1 atom stereocenters. The van der Waals surface area contributed by atoms with E-state index >= 15 is 0 Å². The Kier molecular flexibility index (Phi) is 5.42. The van der Waals surface area contributed by atoms with Gasteiger partial charge in [0.1, 0.15) is 11.6 Å². The maximum Gasteiger partial charge on any atom is 0.147 e. The Balaban J connectivity index is 2.29. The molecule has 0 aliphatic rings. The summed E-state index contributed by atoms with van der Waals surface area (Å²) < 4.78 is 6.96. The monoisotopic (exact) mass is 226 g/mol. The smallest absolute Gasteiger partial charge is 0.147 e. The van der Waals surface area contributed by atoms with E-state index in [0.717, 1.165) is 37.8 Å². The molecular formula is C11H22N4O. The molecule has 1 aromatic heterocycles. The van der Waals surface area contributed by atoms with E-state index in [2.05, 4.69) is 22.3 Å². The molecule has 0 aliphatic carbocycles. The SMILES string of the molecule is COCCCNCC(C)n1nc(C)nc1C. The van der Waals surface area contributed by atoms with Crippen LogP contribution in [0.2, 0.25) is 0 Å². The Morgan fingerprint density at radius 2 is 2.19 bits per heavy atom. The van der Waals surface area contributed by atoms with Gasteiger partial charge in [-0.05, 0) is 33.7 Å². The van der Waals surface area contributed by atoms with Crippen molar-refractivity contribution < 1.29 is 4.74 Å². The van der Waals surface area contributed by atoms with Crippen molar-refractivity contribution in [3.05, 3.63) is 11.6 Å². The van der Waals surface area contributed by atoms with Crippen LogP contribution in [0.4, 0.5) is 0 Å². The molecule has 0 aliphatic heterocycles. The van der Waals surface area contributed by atoms with Gasteiger partial charge in [-0.25, -0.2) is 9.67 Å². The molecule has 1 N–H and O–H groups in total. The third kappa shape index (κ3) is 3.90. The number of ether oxygens (including phenoxy) is 1. The topological polar surface area (TPSA) is 52.0 Å². The Morgan fingerprint density at radius 3 is 2.75 bits per heavy atom. The molecule has 0 saturated carbocycles. The standard InChI is InChI=1S/C11H22N4O/c1-9(8-12-6-5-7-16-4)15-11(3)13-10(2)14-15/h9,12H,5-8H2,1-4H3. The highest BCUT2D eigenvalue weighted by Crippen LogP contribution is 2.06. The lowest BCUT2D eigenvalue weighted by Gasteiger charge is -2.14. The second kappa shape index (κ2) is 6.60. The molecule has 92 valence electrons. The fraction of sp³-hybridized carbons (Fsp3) is 0.818. The zero-order valence-corrected chi connectivity index (χ0v) is 10.7. The number of hydrogen-bond donors (Lipinski definition) is 1. The van der Waals surface area contributed by atoms with Gasteiger partial charge in [0.15, 0.2) is 0 Å². The minimum Gasteiger partial charge on any atom is -0.385 e. The van der Waals surface area contributed by atoms with E-state index in [1.807, 2.05) is 18.5 Å². The van der Waals surface area contributed by atoms with E-state index < -0.39 is 0 Å². The Labute approximate surface area is 97.2 Å². The van der Waals surface area contributed by atoms with Crippen LogP contribution in [0.25, 0.3) is 0 Å². The summed E-state index contributed by atoms with van der Waals surface area (Å²) in [5, 5.41) is 7.75. The van der Waals surface area contributed by atoms with Crippen molar-refractivity contribution in [2.45, 2.75) is 33.2 Å². The van der Waals surface area contributed by atoms with Gasteiger partial charge in [0.05, 0.1) is 6.04 Å². The van der Waals surface area contributed by atoms with Gasteiger partial charge in [0.25, 0.3) is 0 Å². The van der Waals surface area contributed by atoms with Crippen LogP contribution in [0.3, 0.4) is 0 Å². The molecule has 0 spiro atoms. The van der Waals surface area contributed by atoms with Crippen molar-refractivity contribution in [3.63, 3.8) is 0 Å². The summed E-state index contributed by atoms with van der Waals surface area (Å²) in [6.45, 7) is 8.75. The number of methoxy groups -OCH3 is 1. The summed E-state index contributed by atoms with van der Waals surface area (Å²) in [7, 11) is 1.73. The molecule has 16 heavy (non-hydrogen) atoms. The average Bonchev–Trinajstić information content (AvgIpc) is 2.57. The summed E-state index contributed by atoms with van der Waals surface area (Å²) in [4.78, 5) is 4.29. The van der Waals surface area contributed by atoms with Crippen LogP contribution >= 0.6 is 0 Å². The second-order valence-corrected chi connectivity index (χ2v) is 4.05. The first kappa shape index (κ1) is 13.1. The maximum absolute atomic E-state index is 4.99. The third-order valence-electron chi connectivity index (χ3n) is 2.47. The fourth-order valence-corrected chi connectivity index (χ4v) is 1.69. The molecule has 0 saturated heterocycles. The quantitative estimate of drug-likeness (QED) is 0.707. The number of nitrogens with zero attached hydrogens (tertiary/aromatic N) is 3. The molecule has 0 bridgehead atoms. The molecular weight excluding hydrogens is 204 g/mol. The summed E-state index contributed by atoms with van der Waals surface area (Å²) >= 11 is 0. The molecule has 1 heterocycles. The van der Waals surface area contributed by atoms with Crippen LogP contribution in [0.1, 0.15) is 31.0 Å². The lowest BCUT2D eigenvalue weighted by molar-refractivity contribution is 0.194. The highest BCUT2D eigenvalue weighted by Gasteiger charge is 2.09. The van der Waals surface area contributed by atoms with E-state index in [0.29, 0.717) is 6.04 Å². The minimum absolute atomic E-state index is 0.337. The van der Waals surface area contributed by atoms with Gasteiger partial charge in [-0.3, -0.25) is 0 Å². The van der Waals surface area contributed by atoms with Crippen molar-refractivity contribution >= 4 is 0 Å². The predicted octanol–water partition coefficient (Wildman–Crippen LogP) is 1.08. The predicted molar refractivity (Wildman–Crippen MR) is 63.6 cm³/mol. The van der Waals surface area contributed by atoms with Gasteiger partial charge in [-0.15, -0.1) is 0 Å². The van der Waals surface area contributed by atoms with E-state index in [1.165, 1.54) is 0 Å². The lowest BCUT2D eigenvalue weighted by Crippen LogP contribution is -2.26. The molecule has 1 unspecified atom stereocenters. The number of aromatic nitrogens is 3. The molecule has 5 nitrogen and oxygen atoms in total. The molecule has 1 rings (SSSR count). The van der Waals surface area contributed by atoms with Gasteiger partial charge in [0.2, 0.25) is 0 Å². The summed E-state index contributed by atoms with van der Waals surface area (Å²) in [5.41, 5.74) is 0. The maximum atomic E-state index is 4.99. The summed E-state index contributed by atoms with van der Waals surface area (Å²) in [6.07, 6.45) is 1.04. The lowest BCUT2D eigenvalue weighted by atomic mass is 10.3. The summed E-state index contributed by atoms with van der Waals surface area (Å²) in [6, 6.07) is 0.337. The van der Waals surface area contributed by atoms with Crippen molar-refractivity contribution in [2.75, 3.05) is 26.8 Å². The van der Waals surface area contributed by atoms with Crippen LogP contribution in [0, 0.1) is 13.8 Å². The second-order valence-electron chi connectivity index (χ2n) is 4.05. The number of nitrogens with one attached hydrogen (secondary N) is 1. The molecule has 0 aromatic carbocycles. The van der Waals surface area contributed by atoms with Crippen molar-refractivity contribution in [1.29, 1.82) is 0 Å². The van der Waals surface area contributed by atoms with Gasteiger partial charge >= 0.3 is 0 Å². The number of hydrogen-bond acceptors (Lipinski definition) is 4. The molecule has 0 fully saturated rings. The molecule has 5 heteroatoms. The van der Waals surface area contributed by atoms with Crippen molar-refractivity contribution in [1.82, 2.24) is 20.1 Å². The normalized spacial score (nSPS) is 13.0. The van der Waals surface area contributed by atoms with E-state index in [1.54, 1.807) is 7.11 Å². The zero-order valence-electron chi connectivity index (χ0n) is 10.7. The van der Waals surface area contributed by atoms with Gasteiger partial charge in [0, 0.05) is 20.3 Å². The van der Waals surface area contributed by atoms with Crippen LogP contribution in [-0.4, -0.2) is 41.6 Å². The first-order chi connectivity index (χ1) is 7.65. The third-order valence-corrected chi connectivity index (χ3v) is 2.47. The first-order valence-corrected chi connectivity index (χ1v) is 5.74. The summed E-state index contributed by atoms with van der Waals surface area (Å²) in [5.74, 6) is 1.81. The average molecular weight is 226 g/mol. The van der Waals surface area contributed by atoms with Crippen LogP contribution in [-0.2, 0) is 4.74 Å². The zero-order chi connectivity index (χ0) is 12.0. The van der Waals surface area contributed by atoms with Gasteiger partial charge in [-0.2, -0.15) is 5.10 Å². The number of aryl methyl sites for hydroxylation is 2. The highest BCUT2D eigenvalue weighted by atomic mass is 16.5. The molecule has 0 amide bonds. The minimum atomic E-state index is 0.337. The van der Waals surface area contributed by atoms with E-state index in [4.69, 9.17) is 4.74 Å². The first-order valence-electron chi connectivity index (χ1n) is 5.74. The number of rotatable bonds is 7. The van der Waals surface area contributed by atoms with E-state index in [-0.39, 0.29) is 0 Å². The highest BCUT2D eigenvalue weighted by molar-refractivity contribution is 4.89. The molecule has 1 aromatic rings. The Hall–Kier alpha value is -0.940. The Morgan fingerprint density at radius 1 is 1.44 bits per heavy atom. The van der Waals surface area contributed by atoms with Crippen molar-refractivity contribution in [2.24, 2.45) is 0 Å². The van der Waals surface area contributed by atoms with Gasteiger partial charge in [-0.1, -0.05) is 0 Å². The van der Waals surface area contributed by atoms with Crippen LogP contribution in [0.15, 0.2) is 0 Å². The van der Waals surface area contributed by atoms with Crippen LogP contribution < -0.4 is 5.32 Å². The fourth-order valence-electron chi connectivity index (χ4n) is 1.69. The Bertz CT molecular complexity index is 311. The van der Waals surface area contributed by atoms with Crippen LogP contribution in [0.5, 0.6) is 0 Å². The van der Waals surface area contributed by atoms with Crippen molar-refractivity contribution in [3.8, 4) is 0 Å². The van der Waals surface area contributed by atoms with E-state index in [9.17, 15) is 0 Å². The largest absolute Gasteiger partial charge is 0.385 e. The molecule has 0 radical (unpaired) electrons. The van der Waals surface area contributed by atoms with Gasteiger partial charge < -0.3 is 10.1 Å².